The fraction of sp³-hybridized carbons (Fsp3) is 0.533. The second kappa shape index (κ2) is 4.83. The van der Waals surface area contributed by atoms with E-state index in [4.69, 9.17) is 0 Å². The number of rotatable bonds is 4. The third-order valence-corrected chi connectivity index (χ3v) is 3.94. The summed E-state index contributed by atoms with van der Waals surface area (Å²) in [5, 5.41) is 9.23. The molecule has 0 aromatic heterocycles. The maximum Gasteiger partial charge on any atom is 0.309 e. The van der Waals surface area contributed by atoms with Crippen LogP contribution in [0, 0.1) is 11.2 Å². The van der Waals surface area contributed by atoms with Gasteiger partial charge in [0.2, 0.25) is 0 Å². The standard InChI is InChI=1S/C15H20FNO2/c1-4-17-9-10(8-15(2,3)14(18)19)13-11(16)6-5-7-12(13)17/h5-7,10H,4,8-9H2,1-3H3,(H,18,19). The molecule has 1 aliphatic heterocycles. The van der Waals surface area contributed by atoms with Crippen LogP contribution in [-0.4, -0.2) is 24.2 Å². The number of likely N-dealkylation sites (N-methyl/N-ethyl adjacent to an activating group) is 1. The summed E-state index contributed by atoms with van der Waals surface area (Å²) in [6.45, 7) is 6.93. The van der Waals surface area contributed by atoms with E-state index in [0.717, 1.165) is 12.2 Å². The van der Waals surface area contributed by atoms with Gasteiger partial charge in [-0.15, -0.1) is 0 Å². The summed E-state index contributed by atoms with van der Waals surface area (Å²) >= 11 is 0. The molecular formula is C15H20FNO2. The topological polar surface area (TPSA) is 40.5 Å². The Morgan fingerprint density at radius 2 is 2.21 bits per heavy atom. The molecule has 19 heavy (non-hydrogen) atoms. The molecule has 1 aromatic carbocycles. The fourth-order valence-corrected chi connectivity index (χ4v) is 2.83. The van der Waals surface area contributed by atoms with Gasteiger partial charge in [0, 0.05) is 30.3 Å². The van der Waals surface area contributed by atoms with Crippen LogP contribution in [0.1, 0.15) is 38.7 Å². The van der Waals surface area contributed by atoms with E-state index in [1.165, 1.54) is 6.07 Å². The Balaban J connectivity index is 2.34. The van der Waals surface area contributed by atoms with Crippen LogP contribution >= 0.6 is 0 Å². The van der Waals surface area contributed by atoms with Gasteiger partial charge in [-0.2, -0.15) is 0 Å². The molecule has 0 radical (unpaired) electrons. The molecule has 3 nitrogen and oxygen atoms in total. The molecule has 1 aliphatic rings. The highest BCUT2D eigenvalue weighted by atomic mass is 19.1. The molecule has 1 N–H and O–H groups in total. The molecule has 0 amide bonds. The molecule has 2 rings (SSSR count). The Labute approximate surface area is 113 Å². The van der Waals surface area contributed by atoms with Crippen LogP contribution < -0.4 is 4.90 Å². The van der Waals surface area contributed by atoms with Crippen LogP contribution in [0.5, 0.6) is 0 Å². The van der Waals surface area contributed by atoms with Crippen molar-refractivity contribution in [2.24, 2.45) is 5.41 Å². The monoisotopic (exact) mass is 265 g/mol. The molecule has 1 unspecified atom stereocenters. The van der Waals surface area contributed by atoms with Crippen LogP contribution in [0.3, 0.4) is 0 Å². The van der Waals surface area contributed by atoms with E-state index in [9.17, 15) is 14.3 Å². The molecule has 1 heterocycles. The minimum atomic E-state index is -0.839. The lowest BCUT2D eigenvalue weighted by atomic mass is 9.80. The third-order valence-electron chi connectivity index (χ3n) is 3.94. The largest absolute Gasteiger partial charge is 0.481 e. The summed E-state index contributed by atoms with van der Waals surface area (Å²) in [7, 11) is 0. The summed E-state index contributed by atoms with van der Waals surface area (Å²) in [5.41, 5.74) is 0.751. The highest BCUT2D eigenvalue weighted by Crippen LogP contribution is 2.43. The number of carboxylic acids is 1. The lowest BCUT2D eigenvalue weighted by molar-refractivity contribution is -0.147. The van der Waals surface area contributed by atoms with Gasteiger partial charge in [0.05, 0.1) is 5.41 Å². The Bertz CT molecular complexity index is 499. The number of benzene rings is 1. The van der Waals surface area contributed by atoms with Gasteiger partial charge >= 0.3 is 5.97 Å². The predicted molar refractivity (Wildman–Crippen MR) is 73.1 cm³/mol. The number of fused-ring (bicyclic) bond motifs is 1. The summed E-state index contributed by atoms with van der Waals surface area (Å²) in [6, 6.07) is 5.08. The Morgan fingerprint density at radius 1 is 1.53 bits per heavy atom. The first-order chi connectivity index (χ1) is 8.86. The lowest BCUT2D eigenvalue weighted by Gasteiger charge is -2.24. The molecular weight excluding hydrogens is 245 g/mol. The van der Waals surface area contributed by atoms with Crippen molar-refractivity contribution in [3.63, 3.8) is 0 Å². The van der Waals surface area contributed by atoms with Gasteiger partial charge in [0.15, 0.2) is 0 Å². The van der Waals surface area contributed by atoms with Gasteiger partial charge in [-0.1, -0.05) is 6.07 Å². The zero-order chi connectivity index (χ0) is 14.2. The first-order valence-corrected chi connectivity index (χ1v) is 6.63. The molecule has 0 fully saturated rings. The number of carboxylic acid groups (broad SMARTS) is 1. The van der Waals surface area contributed by atoms with Crippen LogP contribution in [0.4, 0.5) is 10.1 Å². The molecule has 0 saturated heterocycles. The van der Waals surface area contributed by atoms with Crippen molar-refractivity contribution in [1.82, 2.24) is 0 Å². The smallest absolute Gasteiger partial charge is 0.309 e. The lowest BCUT2D eigenvalue weighted by Crippen LogP contribution is -2.28. The van der Waals surface area contributed by atoms with Gasteiger partial charge in [-0.3, -0.25) is 4.79 Å². The second-order valence-corrected chi connectivity index (χ2v) is 5.80. The summed E-state index contributed by atoms with van der Waals surface area (Å²) in [5.74, 6) is -1.11. The molecule has 104 valence electrons. The maximum absolute atomic E-state index is 14.1. The van der Waals surface area contributed by atoms with Crippen molar-refractivity contribution in [2.75, 3.05) is 18.0 Å². The Hall–Kier alpha value is -1.58. The van der Waals surface area contributed by atoms with E-state index in [1.807, 2.05) is 13.0 Å². The van der Waals surface area contributed by atoms with E-state index >= 15 is 0 Å². The van der Waals surface area contributed by atoms with Crippen LogP contribution in [-0.2, 0) is 4.79 Å². The van der Waals surface area contributed by atoms with Gasteiger partial charge in [-0.05, 0) is 39.3 Å². The molecule has 1 atom stereocenters. The van der Waals surface area contributed by atoms with E-state index < -0.39 is 11.4 Å². The Morgan fingerprint density at radius 3 is 2.79 bits per heavy atom. The molecule has 1 aromatic rings. The van der Waals surface area contributed by atoms with Crippen LogP contribution in [0.2, 0.25) is 0 Å². The predicted octanol–water partition coefficient (Wildman–Crippen LogP) is 3.25. The first kappa shape index (κ1) is 13.8. The number of aliphatic carboxylic acids is 1. The van der Waals surface area contributed by atoms with E-state index in [1.54, 1.807) is 19.9 Å². The van der Waals surface area contributed by atoms with E-state index in [0.29, 0.717) is 18.5 Å². The van der Waals surface area contributed by atoms with Crippen LogP contribution in [0.15, 0.2) is 18.2 Å². The number of carbonyl (C=O) groups is 1. The zero-order valence-electron chi connectivity index (χ0n) is 11.6. The molecule has 0 aliphatic carbocycles. The highest BCUT2D eigenvalue weighted by molar-refractivity contribution is 5.74. The number of nitrogens with zero attached hydrogens (tertiary/aromatic N) is 1. The minimum Gasteiger partial charge on any atom is -0.481 e. The highest BCUT2D eigenvalue weighted by Gasteiger charge is 2.37. The van der Waals surface area contributed by atoms with E-state index in [-0.39, 0.29) is 11.7 Å². The van der Waals surface area contributed by atoms with Crippen molar-refractivity contribution < 1.29 is 14.3 Å². The Kier molecular flexibility index (Phi) is 3.52. The van der Waals surface area contributed by atoms with Crippen molar-refractivity contribution in [3.8, 4) is 0 Å². The first-order valence-electron chi connectivity index (χ1n) is 6.63. The number of hydrogen-bond acceptors (Lipinski definition) is 2. The fourth-order valence-electron chi connectivity index (χ4n) is 2.83. The SMILES string of the molecule is CCN1CC(CC(C)(C)C(=O)O)c2c(F)cccc21. The zero-order valence-corrected chi connectivity index (χ0v) is 11.6. The van der Waals surface area contributed by atoms with Gasteiger partial charge < -0.3 is 10.0 Å². The normalized spacial score (nSPS) is 18.5. The van der Waals surface area contributed by atoms with Crippen molar-refractivity contribution in [3.05, 3.63) is 29.6 Å². The summed E-state index contributed by atoms with van der Waals surface area (Å²) < 4.78 is 14.1. The number of anilines is 1. The van der Waals surface area contributed by atoms with Gasteiger partial charge in [-0.25, -0.2) is 4.39 Å². The number of halogens is 1. The molecule has 4 heteroatoms. The number of hydrogen-bond donors (Lipinski definition) is 1. The minimum absolute atomic E-state index is 0.0535. The van der Waals surface area contributed by atoms with Crippen LogP contribution in [0.25, 0.3) is 0 Å². The van der Waals surface area contributed by atoms with Gasteiger partial charge in [0.25, 0.3) is 0 Å². The summed E-state index contributed by atoms with van der Waals surface area (Å²) in [6.07, 6.45) is 0.451. The molecule has 0 bridgehead atoms. The maximum atomic E-state index is 14.1. The van der Waals surface area contributed by atoms with Crippen molar-refractivity contribution >= 4 is 11.7 Å². The average Bonchev–Trinajstić information content (AvgIpc) is 2.68. The molecule has 0 saturated carbocycles. The third kappa shape index (κ3) is 2.44. The quantitative estimate of drug-likeness (QED) is 0.908. The summed E-state index contributed by atoms with van der Waals surface area (Å²) in [4.78, 5) is 13.4. The molecule has 0 spiro atoms. The van der Waals surface area contributed by atoms with E-state index in [2.05, 4.69) is 4.90 Å². The van der Waals surface area contributed by atoms with Crippen molar-refractivity contribution in [1.29, 1.82) is 0 Å². The average molecular weight is 265 g/mol. The van der Waals surface area contributed by atoms with Crippen molar-refractivity contribution in [2.45, 2.75) is 33.1 Å². The van der Waals surface area contributed by atoms with Gasteiger partial charge in [0.1, 0.15) is 5.82 Å². The second-order valence-electron chi connectivity index (χ2n) is 5.80.